The van der Waals surface area contributed by atoms with E-state index in [1.54, 1.807) is 19.1 Å². The number of β-amino-alcohol motifs (C(OH)–C–C–N with tert-alkyl or cyclic N) is 1. The third-order valence-corrected chi connectivity index (χ3v) is 3.35. The van der Waals surface area contributed by atoms with Crippen LogP contribution in [-0.4, -0.2) is 28.7 Å². The quantitative estimate of drug-likeness (QED) is 0.871. The molecule has 1 aliphatic heterocycles. The van der Waals surface area contributed by atoms with Gasteiger partial charge in [0.15, 0.2) is 0 Å². The Kier molecular flexibility index (Phi) is 3.65. The molecule has 1 heterocycles. The highest BCUT2D eigenvalue weighted by Gasteiger charge is 2.28. The highest BCUT2D eigenvalue weighted by atomic mass is 19.1. The molecule has 18 heavy (non-hydrogen) atoms. The zero-order valence-corrected chi connectivity index (χ0v) is 10.5. The van der Waals surface area contributed by atoms with Crippen molar-refractivity contribution in [1.29, 1.82) is 5.26 Å². The third kappa shape index (κ3) is 2.87. The SMILES string of the molecule is CC1(O)CCCN(Cc2cccc(C#N)c2F)C1. The van der Waals surface area contributed by atoms with Crippen LogP contribution in [0, 0.1) is 17.1 Å². The number of piperidine rings is 1. The van der Waals surface area contributed by atoms with E-state index >= 15 is 0 Å². The molecule has 1 N–H and O–H groups in total. The molecule has 1 unspecified atom stereocenters. The molecule has 0 amide bonds. The van der Waals surface area contributed by atoms with E-state index in [0.29, 0.717) is 18.7 Å². The van der Waals surface area contributed by atoms with E-state index in [0.717, 1.165) is 19.4 Å². The lowest BCUT2D eigenvalue weighted by atomic mass is 9.95. The second kappa shape index (κ2) is 5.05. The lowest BCUT2D eigenvalue weighted by molar-refractivity contribution is -0.0184. The monoisotopic (exact) mass is 248 g/mol. The summed E-state index contributed by atoms with van der Waals surface area (Å²) in [5, 5.41) is 18.8. The number of hydrogen-bond acceptors (Lipinski definition) is 3. The molecule has 2 rings (SSSR count). The molecule has 0 aliphatic carbocycles. The van der Waals surface area contributed by atoms with Gasteiger partial charge in [-0.2, -0.15) is 5.26 Å². The van der Waals surface area contributed by atoms with Crippen LogP contribution in [0.3, 0.4) is 0 Å². The molecule has 0 radical (unpaired) electrons. The molecular weight excluding hydrogens is 231 g/mol. The molecule has 4 heteroatoms. The first kappa shape index (κ1) is 13.0. The summed E-state index contributed by atoms with van der Waals surface area (Å²) in [5.74, 6) is -0.440. The Bertz CT molecular complexity index is 479. The summed E-state index contributed by atoms with van der Waals surface area (Å²) in [4.78, 5) is 2.03. The number of hydrogen-bond donors (Lipinski definition) is 1. The normalized spacial score (nSPS) is 24.8. The Hall–Kier alpha value is -1.44. The summed E-state index contributed by atoms with van der Waals surface area (Å²) < 4.78 is 13.9. The van der Waals surface area contributed by atoms with Crippen LogP contribution >= 0.6 is 0 Å². The van der Waals surface area contributed by atoms with Crippen LogP contribution in [0.15, 0.2) is 18.2 Å². The molecule has 0 aromatic heterocycles. The van der Waals surface area contributed by atoms with Gasteiger partial charge in [0.2, 0.25) is 0 Å². The van der Waals surface area contributed by atoms with Crippen molar-refractivity contribution in [1.82, 2.24) is 4.90 Å². The van der Waals surface area contributed by atoms with Crippen molar-refractivity contribution in [2.45, 2.75) is 31.9 Å². The van der Waals surface area contributed by atoms with Crippen molar-refractivity contribution < 1.29 is 9.50 Å². The van der Waals surface area contributed by atoms with Gasteiger partial charge in [-0.05, 0) is 32.4 Å². The van der Waals surface area contributed by atoms with Crippen LogP contribution in [-0.2, 0) is 6.54 Å². The van der Waals surface area contributed by atoms with Gasteiger partial charge in [-0.3, -0.25) is 4.90 Å². The lowest BCUT2D eigenvalue weighted by Crippen LogP contribution is -2.45. The summed E-state index contributed by atoms with van der Waals surface area (Å²) >= 11 is 0. The number of benzene rings is 1. The molecule has 1 saturated heterocycles. The van der Waals surface area contributed by atoms with Crippen LogP contribution in [0.25, 0.3) is 0 Å². The average Bonchev–Trinajstić information content (AvgIpc) is 2.31. The van der Waals surface area contributed by atoms with E-state index in [2.05, 4.69) is 0 Å². The van der Waals surface area contributed by atoms with Crippen molar-refractivity contribution in [2.75, 3.05) is 13.1 Å². The number of aliphatic hydroxyl groups is 1. The first-order chi connectivity index (χ1) is 8.52. The molecule has 0 saturated carbocycles. The number of nitriles is 1. The van der Waals surface area contributed by atoms with E-state index in [1.807, 2.05) is 11.0 Å². The smallest absolute Gasteiger partial charge is 0.145 e. The fourth-order valence-electron chi connectivity index (χ4n) is 2.49. The molecule has 3 nitrogen and oxygen atoms in total. The highest BCUT2D eigenvalue weighted by Crippen LogP contribution is 2.23. The van der Waals surface area contributed by atoms with Crippen LogP contribution in [0.2, 0.25) is 0 Å². The highest BCUT2D eigenvalue weighted by molar-refractivity contribution is 5.34. The van der Waals surface area contributed by atoms with Crippen LogP contribution < -0.4 is 0 Å². The minimum absolute atomic E-state index is 0.0799. The van der Waals surface area contributed by atoms with Crippen LogP contribution in [0.5, 0.6) is 0 Å². The zero-order valence-electron chi connectivity index (χ0n) is 10.5. The molecule has 0 bridgehead atoms. The summed E-state index contributed by atoms with van der Waals surface area (Å²) in [6.45, 7) is 3.65. The minimum atomic E-state index is -0.693. The minimum Gasteiger partial charge on any atom is -0.389 e. The van der Waals surface area contributed by atoms with E-state index in [-0.39, 0.29) is 5.56 Å². The van der Waals surface area contributed by atoms with E-state index < -0.39 is 11.4 Å². The molecule has 1 aliphatic rings. The molecule has 1 aromatic rings. The van der Waals surface area contributed by atoms with Gasteiger partial charge >= 0.3 is 0 Å². The predicted octanol–water partition coefficient (Wildman–Crippen LogP) is 2.04. The number of nitrogens with zero attached hydrogens (tertiary/aromatic N) is 2. The maximum Gasteiger partial charge on any atom is 0.145 e. The Labute approximate surface area is 106 Å². The van der Waals surface area contributed by atoms with Gasteiger partial charge in [0.1, 0.15) is 11.9 Å². The van der Waals surface area contributed by atoms with E-state index in [1.165, 1.54) is 6.07 Å². The Morgan fingerprint density at radius 1 is 1.56 bits per heavy atom. The van der Waals surface area contributed by atoms with Crippen LogP contribution in [0.1, 0.15) is 30.9 Å². The van der Waals surface area contributed by atoms with Crippen molar-refractivity contribution in [3.8, 4) is 6.07 Å². The number of halogens is 1. The maximum atomic E-state index is 13.9. The lowest BCUT2D eigenvalue weighted by Gasteiger charge is -2.36. The molecule has 1 atom stereocenters. The fraction of sp³-hybridized carbons (Fsp3) is 0.500. The average molecular weight is 248 g/mol. The van der Waals surface area contributed by atoms with Gasteiger partial charge in [-0.15, -0.1) is 0 Å². The van der Waals surface area contributed by atoms with Gasteiger partial charge in [0, 0.05) is 18.7 Å². The maximum absolute atomic E-state index is 13.9. The topological polar surface area (TPSA) is 47.3 Å². The van der Waals surface area contributed by atoms with E-state index in [9.17, 15) is 9.50 Å². The Balaban J connectivity index is 2.13. The first-order valence-corrected chi connectivity index (χ1v) is 6.14. The van der Waals surface area contributed by atoms with Gasteiger partial charge in [0.25, 0.3) is 0 Å². The third-order valence-electron chi connectivity index (χ3n) is 3.35. The number of likely N-dealkylation sites (tertiary alicyclic amines) is 1. The molecule has 0 spiro atoms. The largest absolute Gasteiger partial charge is 0.389 e. The molecular formula is C14H17FN2O. The van der Waals surface area contributed by atoms with Gasteiger partial charge < -0.3 is 5.11 Å². The summed E-state index contributed by atoms with van der Waals surface area (Å²) in [7, 11) is 0. The molecule has 1 aromatic carbocycles. The predicted molar refractivity (Wildman–Crippen MR) is 66.2 cm³/mol. The van der Waals surface area contributed by atoms with Crippen molar-refractivity contribution >= 4 is 0 Å². The Morgan fingerprint density at radius 2 is 2.33 bits per heavy atom. The van der Waals surface area contributed by atoms with Crippen molar-refractivity contribution in [2.24, 2.45) is 0 Å². The van der Waals surface area contributed by atoms with Gasteiger partial charge in [0.05, 0.1) is 11.2 Å². The summed E-state index contributed by atoms with van der Waals surface area (Å²) in [6, 6.07) is 6.71. The van der Waals surface area contributed by atoms with E-state index in [4.69, 9.17) is 5.26 Å². The summed E-state index contributed by atoms with van der Waals surface area (Å²) in [6.07, 6.45) is 1.69. The summed E-state index contributed by atoms with van der Waals surface area (Å²) in [5.41, 5.74) is -0.0929. The fourth-order valence-corrected chi connectivity index (χ4v) is 2.49. The zero-order chi connectivity index (χ0) is 13.2. The molecule has 96 valence electrons. The van der Waals surface area contributed by atoms with Crippen molar-refractivity contribution in [3.05, 3.63) is 35.1 Å². The number of rotatable bonds is 2. The first-order valence-electron chi connectivity index (χ1n) is 6.14. The van der Waals surface area contributed by atoms with Gasteiger partial charge in [-0.1, -0.05) is 12.1 Å². The van der Waals surface area contributed by atoms with Crippen LogP contribution in [0.4, 0.5) is 4.39 Å². The second-order valence-corrected chi connectivity index (χ2v) is 5.20. The van der Waals surface area contributed by atoms with Crippen molar-refractivity contribution in [3.63, 3.8) is 0 Å². The molecule has 1 fully saturated rings. The standard InChI is InChI=1S/C14H17FN2O/c1-14(18)6-3-7-17(10-14)9-12-5-2-4-11(8-16)13(12)15/h2,4-5,18H,3,6-7,9-10H2,1H3. The second-order valence-electron chi connectivity index (χ2n) is 5.20. The Morgan fingerprint density at radius 3 is 3.00 bits per heavy atom. The van der Waals surface area contributed by atoms with Gasteiger partial charge in [-0.25, -0.2) is 4.39 Å².